The van der Waals surface area contributed by atoms with Crippen LogP contribution in [0.25, 0.3) is 11.4 Å². The molecule has 2 N–H and O–H groups in total. The van der Waals surface area contributed by atoms with Crippen LogP contribution in [0.1, 0.15) is 24.3 Å². The first-order valence-corrected chi connectivity index (χ1v) is 6.21. The number of alkyl halides is 3. The fraction of sp³-hybridized carbons (Fsp3) is 0.385. The predicted octanol–water partition coefficient (Wildman–Crippen LogP) is 3.04. The second-order valence-electron chi connectivity index (χ2n) is 4.34. The highest BCUT2D eigenvalue weighted by molar-refractivity contribution is 5.55. The van der Waals surface area contributed by atoms with Crippen molar-refractivity contribution in [2.75, 3.05) is 6.54 Å². The van der Waals surface area contributed by atoms with Gasteiger partial charge < -0.3 is 10.3 Å². The summed E-state index contributed by atoms with van der Waals surface area (Å²) in [4.78, 5) is 4.09. The number of hydrogen-bond donors (Lipinski definition) is 1. The Morgan fingerprint density at radius 2 is 2.00 bits per heavy atom. The molecule has 1 aromatic carbocycles. The van der Waals surface area contributed by atoms with Gasteiger partial charge in [-0.1, -0.05) is 17.3 Å². The molecule has 1 aromatic heterocycles. The average molecular weight is 285 g/mol. The molecule has 20 heavy (non-hydrogen) atoms. The number of aryl methyl sites for hydroxylation is 1. The molecule has 0 aliphatic heterocycles. The van der Waals surface area contributed by atoms with Crippen LogP contribution < -0.4 is 5.73 Å². The number of hydrogen-bond acceptors (Lipinski definition) is 4. The van der Waals surface area contributed by atoms with Crippen LogP contribution in [0.4, 0.5) is 13.2 Å². The molecule has 0 aliphatic rings. The summed E-state index contributed by atoms with van der Waals surface area (Å²) in [5.41, 5.74) is 4.93. The van der Waals surface area contributed by atoms with Gasteiger partial charge in [-0.25, -0.2) is 0 Å². The zero-order valence-electron chi connectivity index (χ0n) is 10.7. The topological polar surface area (TPSA) is 64.9 Å². The minimum absolute atomic E-state index is 0.166. The van der Waals surface area contributed by atoms with Gasteiger partial charge in [0.1, 0.15) is 0 Å². The van der Waals surface area contributed by atoms with E-state index in [2.05, 4.69) is 10.1 Å². The molecule has 0 saturated heterocycles. The van der Waals surface area contributed by atoms with E-state index in [0.29, 0.717) is 18.9 Å². The molecule has 4 nitrogen and oxygen atoms in total. The Hall–Kier alpha value is -1.89. The quantitative estimate of drug-likeness (QED) is 0.857. The lowest BCUT2D eigenvalue weighted by Crippen LogP contribution is -2.04. The third-order valence-corrected chi connectivity index (χ3v) is 2.76. The Bertz CT molecular complexity index is 566. The van der Waals surface area contributed by atoms with Gasteiger partial charge in [-0.2, -0.15) is 18.2 Å². The van der Waals surface area contributed by atoms with Crippen LogP contribution in [-0.4, -0.2) is 16.7 Å². The fourth-order valence-electron chi connectivity index (χ4n) is 1.73. The van der Waals surface area contributed by atoms with Crippen LogP contribution in [0.2, 0.25) is 0 Å². The highest BCUT2D eigenvalue weighted by Gasteiger charge is 2.30. The van der Waals surface area contributed by atoms with Gasteiger partial charge >= 0.3 is 6.18 Å². The zero-order chi connectivity index (χ0) is 14.6. The Kier molecular flexibility index (Phi) is 4.39. The maximum Gasteiger partial charge on any atom is 0.416 e. The maximum atomic E-state index is 12.6. The van der Waals surface area contributed by atoms with E-state index in [0.717, 1.165) is 25.0 Å². The number of nitrogens with zero attached hydrogens (tertiary/aromatic N) is 2. The molecule has 0 amide bonds. The minimum Gasteiger partial charge on any atom is -0.339 e. The van der Waals surface area contributed by atoms with Crippen LogP contribution in [0.15, 0.2) is 28.8 Å². The van der Waals surface area contributed by atoms with E-state index in [1.165, 1.54) is 12.1 Å². The Balaban J connectivity index is 2.16. The van der Waals surface area contributed by atoms with Crippen molar-refractivity contribution in [3.05, 3.63) is 35.7 Å². The molecule has 2 rings (SSSR count). The Morgan fingerprint density at radius 1 is 1.20 bits per heavy atom. The number of aromatic nitrogens is 2. The third kappa shape index (κ3) is 3.57. The predicted molar refractivity (Wildman–Crippen MR) is 66.7 cm³/mol. The summed E-state index contributed by atoms with van der Waals surface area (Å²) in [5.74, 6) is 0.574. The van der Waals surface area contributed by atoms with E-state index in [4.69, 9.17) is 10.3 Å². The monoisotopic (exact) mass is 285 g/mol. The zero-order valence-corrected chi connectivity index (χ0v) is 10.7. The molecule has 0 atom stereocenters. The average Bonchev–Trinajstić information content (AvgIpc) is 2.87. The van der Waals surface area contributed by atoms with E-state index in [-0.39, 0.29) is 11.4 Å². The van der Waals surface area contributed by atoms with E-state index in [9.17, 15) is 13.2 Å². The molecule has 2 aromatic rings. The number of rotatable bonds is 5. The molecule has 0 spiro atoms. The fourth-order valence-corrected chi connectivity index (χ4v) is 1.73. The first-order chi connectivity index (χ1) is 9.50. The van der Waals surface area contributed by atoms with E-state index in [1.807, 2.05) is 0 Å². The van der Waals surface area contributed by atoms with Crippen LogP contribution in [0.5, 0.6) is 0 Å². The summed E-state index contributed by atoms with van der Waals surface area (Å²) in [6.45, 7) is 0.578. The largest absolute Gasteiger partial charge is 0.416 e. The molecule has 0 aliphatic carbocycles. The molecule has 7 heteroatoms. The highest BCUT2D eigenvalue weighted by atomic mass is 19.4. The molecule has 1 heterocycles. The summed E-state index contributed by atoms with van der Waals surface area (Å²) in [5, 5.41) is 3.70. The van der Waals surface area contributed by atoms with Crippen molar-refractivity contribution in [2.45, 2.75) is 25.4 Å². The first-order valence-electron chi connectivity index (χ1n) is 6.21. The lowest BCUT2D eigenvalue weighted by molar-refractivity contribution is -0.137. The van der Waals surface area contributed by atoms with Gasteiger partial charge in [0.05, 0.1) is 5.56 Å². The highest BCUT2D eigenvalue weighted by Crippen LogP contribution is 2.31. The van der Waals surface area contributed by atoms with Gasteiger partial charge in [-0.15, -0.1) is 0 Å². The van der Waals surface area contributed by atoms with E-state index >= 15 is 0 Å². The molecular weight excluding hydrogens is 271 g/mol. The van der Waals surface area contributed by atoms with Gasteiger partial charge in [-0.3, -0.25) is 0 Å². The molecule has 0 saturated carbocycles. The molecule has 0 radical (unpaired) electrons. The minimum atomic E-state index is -4.39. The molecule has 108 valence electrons. The van der Waals surface area contributed by atoms with Gasteiger partial charge in [0.2, 0.25) is 11.7 Å². The van der Waals surface area contributed by atoms with Gasteiger partial charge in [0, 0.05) is 12.0 Å². The summed E-state index contributed by atoms with van der Waals surface area (Å²) in [6, 6.07) is 4.85. The van der Waals surface area contributed by atoms with Crippen molar-refractivity contribution < 1.29 is 17.7 Å². The number of nitrogens with two attached hydrogens (primary N) is 1. The SMILES string of the molecule is NCCCCc1nc(-c2cccc(C(F)(F)F)c2)no1. The lowest BCUT2D eigenvalue weighted by Gasteiger charge is -2.06. The first kappa shape index (κ1) is 14.5. The standard InChI is InChI=1S/C13H14F3N3O/c14-13(15,16)10-5-3-4-9(8-10)12-18-11(20-19-12)6-1-2-7-17/h3-5,8H,1-2,6-7,17H2. The second-order valence-corrected chi connectivity index (χ2v) is 4.34. The van der Waals surface area contributed by atoms with Crippen molar-refractivity contribution in [3.63, 3.8) is 0 Å². The number of unbranched alkanes of at least 4 members (excludes halogenated alkanes) is 1. The summed E-state index contributed by atoms with van der Waals surface area (Å²) >= 11 is 0. The van der Waals surface area contributed by atoms with Gasteiger partial charge in [-0.05, 0) is 31.5 Å². The smallest absolute Gasteiger partial charge is 0.339 e. The van der Waals surface area contributed by atoms with Crippen molar-refractivity contribution >= 4 is 0 Å². The molecule has 0 fully saturated rings. The van der Waals surface area contributed by atoms with Gasteiger partial charge in [0.15, 0.2) is 0 Å². The van der Waals surface area contributed by atoms with Crippen LogP contribution >= 0.6 is 0 Å². The second kappa shape index (κ2) is 6.04. The number of benzene rings is 1. The Morgan fingerprint density at radius 3 is 2.70 bits per heavy atom. The van der Waals surface area contributed by atoms with Crippen LogP contribution in [0.3, 0.4) is 0 Å². The lowest BCUT2D eigenvalue weighted by atomic mass is 10.1. The summed E-state index contributed by atoms with van der Waals surface area (Å²) in [7, 11) is 0. The number of halogens is 3. The van der Waals surface area contributed by atoms with Crippen LogP contribution in [0, 0.1) is 0 Å². The van der Waals surface area contributed by atoms with Crippen molar-refractivity contribution in [1.29, 1.82) is 0 Å². The van der Waals surface area contributed by atoms with E-state index in [1.54, 1.807) is 0 Å². The molecular formula is C13H14F3N3O. The van der Waals surface area contributed by atoms with Crippen LogP contribution in [-0.2, 0) is 12.6 Å². The van der Waals surface area contributed by atoms with E-state index < -0.39 is 11.7 Å². The van der Waals surface area contributed by atoms with Crippen molar-refractivity contribution in [1.82, 2.24) is 10.1 Å². The summed E-state index contributed by atoms with van der Waals surface area (Å²) < 4.78 is 42.9. The summed E-state index contributed by atoms with van der Waals surface area (Å²) in [6.07, 6.45) is -2.17. The normalized spacial score (nSPS) is 11.8. The molecule has 0 unspecified atom stereocenters. The third-order valence-electron chi connectivity index (χ3n) is 2.76. The Labute approximate surface area is 113 Å². The van der Waals surface area contributed by atoms with Gasteiger partial charge in [0.25, 0.3) is 0 Å². The maximum absolute atomic E-state index is 12.6. The molecule has 0 bridgehead atoms. The van der Waals surface area contributed by atoms with Crippen molar-refractivity contribution in [2.24, 2.45) is 5.73 Å². The van der Waals surface area contributed by atoms with Crippen molar-refractivity contribution in [3.8, 4) is 11.4 Å².